The molecule has 1 N–H and O–H groups in total. The summed E-state index contributed by atoms with van der Waals surface area (Å²) in [6.07, 6.45) is 1.74. The lowest BCUT2D eigenvalue weighted by atomic mass is 10.2. The van der Waals surface area contributed by atoms with E-state index >= 15 is 0 Å². The highest BCUT2D eigenvalue weighted by Gasteiger charge is 2.33. The van der Waals surface area contributed by atoms with Gasteiger partial charge in [-0.2, -0.15) is 0 Å². The van der Waals surface area contributed by atoms with Gasteiger partial charge in [0.15, 0.2) is 0 Å². The number of hydrogen-bond acceptors (Lipinski definition) is 6. The van der Waals surface area contributed by atoms with E-state index in [-0.39, 0.29) is 19.2 Å². The maximum absolute atomic E-state index is 12.4. The molecule has 0 unspecified atom stereocenters. The van der Waals surface area contributed by atoms with E-state index in [2.05, 4.69) is 0 Å². The normalized spacial score (nSPS) is 16.2. The molecule has 0 spiro atoms. The van der Waals surface area contributed by atoms with Crippen molar-refractivity contribution < 1.29 is 24.0 Å². The largest absolute Gasteiger partial charge is 0.497 e. The monoisotopic (exact) mass is 367 g/mol. The standard InChI is InChI=1S/C16H18N2O4S2/c1-17(2)10-22-14(19)9-18-15(20)13(24-16(18)23)8-11-4-6-12(21-3)7-5-11/h4-8H,9-10H2,1-3H3/p+1/b13-8-. The second-order valence-electron chi connectivity index (χ2n) is 5.41. The van der Waals surface area contributed by atoms with Gasteiger partial charge in [0.05, 0.1) is 26.1 Å². The molecule has 1 saturated heterocycles. The summed E-state index contributed by atoms with van der Waals surface area (Å²) >= 11 is 6.38. The summed E-state index contributed by atoms with van der Waals surface area (Å²) in [7, 11) is 5.33. The van der Waals surface area contributed by atoms with Crippen molar-refractivity contribution in [1.29, 1.82) is 0 Å². The zero-order valence-corrected chi connectivity index (χ0v) is 15.3. The molecule has 0 radical (unpaired) electrons. The Hall–Kier alpha value is -1.90. The first-order valence-electron chi connectivity index (χ1n) is 7.25. The van der Waals surface area contributed by atoms with Crippen molar-refractivity contribution in [2.45, 2.75) is 0 Å². The topological polar surface area (TPSA) is 60.3 Å². The van der Waals surface area contributed by atoms with Crippen LogP contribution in [0.15, 0.2) is 29.2 Å². The molecule has 1 aromatic carbocycles. The maximum Gasteiger partial charge on any atom is 0.330 e. The number of thioether (sulfide) groups is 1. The fraction of sp³-hybridized carbons (Fsp3) is 0.312. The number of esters is 1. The number of carbonyl (C=O) groups excluding carboxylic acids is 2. The molecule has 24 heavy (non-hydrogen) atoms. The van der Waals surface area contributed by atoms with Gasteiger partial charge in [0.2, 0.25) is 6.73 Å². The van der Waals surface area contributed by atoms with Gasteiger partial charge in [-0.1, -0.05) is 36.1 Å². The van der Waals surface area contributed by atoms with Crippen molar-refractivity contribution in [3.63, 3.8) is 0 Å². The Balaban J connectivity index is 2.04. The van der Waals surface area contributed by atoms with E-state index < -0.39 is 5.97 Å². The van der Waals surface area contributed by atoms with E-state index in [9.17, 15) is 9.59 Å². The number of nitrogens with one attached hydrogen (secondary N) is 1. The van der Waals surface area contributed by atoms with Crippen molar-refractivity contribution in [1.82, 2.24) is 4.90 Å². The Morgan fingerprint density at radius 1 is 1.33 bits per heavy atom. The predicted molar refractivity (Wildman–Crippen MR) is 96.6 cm³/mol. The first kappa shape index (κ1) is 18.4. The van der Waals surface area contributed by atoms with Crippen LogP contribution in [-0.4, -0.2) is 55.6 Å². The Morgan fingerprint density at radius 3 is 2.58 bits per heavy atom. The summed E-state index contributed by atoms with van der Waals surface area (Å²) in [4.78, 5) is 27.0. The lowest BCUT2D eigenvalue weighted by Gasteiger charge is -2.14. The number of methoxy groups -OCH3 is 1. The van der Waals surface area contributed by atoms with Crippen LogP contribution in [0.5, 0.6) is 5.75 Å². The highest BCUT2D eigenvalue weighted by Crippen LogP contribution is 2.32. The van der Waals surface area contributed by atoms with Crippen LogP contribution >= 0.6 is 24.0 Å². The minimum Gasteiger partial charge on any atom is -0.497 e. The fourth-order valence-corrected chi connectivity index (χ4v) is 3.14. The number of benzene rings is 1. The number of carbonyl (C=O) groups is 2. The molecule has 1 fully saturated rings. The van der Waals surface area contributed by atoms with Gasteiger partial charge in [-0.3, -0.25) is 9.69 Å². The number of amides is 1. The van der Waals surface area contributed by atoms with Crippen molar-refractivity contribution in [2.24, 2.45) is 0 Å². The molecule has 6 nitrogen and oxygen atoms in total. The predicted octanol–water partition coefficient (Wildman–Crippen LogP) is 0.542. The molecule has 0 atom stereocenters. The second-order valence-corrected chi connectivity index (χ2v) is 7.08. The molecule has 1 aromatic rings. The number of rotatable bonds is 6. The minimum absolute atomic E-state index is 0.169. The molecule has 1 aliphatic rings. The van der Waals surface area contributed by atoms with Crippen molar-refractivity contribution in [3.8, 4) is 5.75 Å². The molecule has 0 aliphatic carbocycles. The zero-order valence-electron chi connectivity index (χ0n) is 13.7. The quantitative estimate of drug-likeness (QED) is 0.343. The second kappa shape index (κ2) is 8.27. The molecule has 1 aliphatic heterocycles. The fourth-order valence-electron chi connectivity index (χ4n) is 1.89. The van der Waals surface area contributed by atoms with Crippen LogP contribution in [0.1, 0.15) is 5.56 Å². The van der Waals surface area contributed by atoms with E-state index in [0.29, 0.717) is 9.23 Å². The molecular weight excluding hydrogens is 348 g/mol. The Kier molecular flexibility index (Phi) is 6.36. The summed E-state index contributed by atoms with van der Waals surface area (Å²) in [5.41, 5.74) is 0.857. The van der Waals surface area contributed by atoms with Crippen LogP contribution in [0.3, 0.4) is 0 Å². The van der Waals surface area contributed by atoms with Gasteiger partial charge in [-0.25, -0.2) is 4.79 Å². The van der Waals surface area contributed by atoms with E-state index in [1.54, 1.807) is 13.2 Å². The van der Waals surface area contributed by atoms with Crippen molar-refractivity contribution in [2.75, 3.05) is 34.5 Å². The van der Waals surface area contributed by atoms with Crippen molar-refractivity contribution in [3.05, 3.63) is 34.7 Å². The highest BCUT2D eigenvalue weighted by atomic mass is 32.2. The maximum atomic E-state index is 12.4. The Bertz CT molecular complexity index is 671. The minimum atomic E-state index is -0.474. The van der Waals surface area contributed by atoms with Crippen LogP contribution < -0.4 is 9.64 Å². The van der Waals surface area contributed by atoms with Gasteiger partial charge in [0.1, 0.15) is 16.6 Å². The summed E-state index contributed by atoms with van der Waals surface area (Å²) in [5, 5.41) is 0. The molecule has 0 aromatic heterocycles. The molecule has 1 heterocycles. The van der Waals surface area contributed by atoms with Crippen LogP contribution in [0.25, 0.3) is 6.08 Å². The SMILES string of the molecule is COc1ccc(/C=C2\SC(=S)N(CC(=O)OC[NH+](C)C)C2=O)cc1. The number of quaternary nitrogens is 1. The van der Waals surface area contributed by atoms with Gasteiger partial charge in [0, 0.05) is 0 Å². The number of hydrogen-bond donors (Lipinski definition) is 1. The summed E-state index contributed by atoms with van der Waals surface area (Å²) < 4.78 is 10.5. The highest BCUT2D eigenvalue weighted by molar-refractivity contribution is 8.26. The number of thiocarbonyl (C=S) groups is 1. The van der Waals surface area contributed by atoms with Crippen LogP contribution in [0.4, 0.5) is 0 Å². The molecule has 2 rings (SSSR count). The Morgan fingerprint density at radius 2 is 2.00 bits per heavy atom. The van der Waals surface area contributed by atoms with Gasteiger partial charge in [-0.05, 0) is 23.8 Å². The molecule has 0 bridgehead atoms. The third kappa shape index (κ3) is 4.80. The molecular formula is C16H19N2O4S2+. The lowest BCUT2D eigenvalue weighted by molar-refractivity contribution is -0.877. The average Bonchev–Trinajstić information content (AvgIpc) is 2.81. The first-order valence-corrected chi connectivity index (χ1v) is 8.47. The van der Waals surface area contributed by atoms with E-state index in [0.717, 1.165) is 16.2 Å². The zero-order chi connectivity index (χ0) is 17.7. The third-order valence-electron chi connectivity index (χ3n) is 3.10. The van der Waals surface area contributed by atoms with Gasteiger partial charge < -0.3 is 14.4 Å². The van der Waals surface area contributed by atoms with Crippen LogP contribution in [-0.2, 0) is 14.3 Å². The molecule has 128 valence electrons. The average molecular weight is 367 g/mol. The Labute approximate surface area is 150 Å². The van der Waals surface area contributed by atoms with E-state index in [1.165, 1.54) is 16.7 Å². The van der Waals surface area contributed by atoms with E-state index in [4.69, 9.17) is 21.7 Å². The molecule has 8 heteroatoms. The third-order valence-corrected chi connectivity index (χ3v) is 4.47. The van der Waals surface area contributed by atoms with Gasteiger partial charge in [0.25, 0.3) is 5.91 Å². The summed E-state index contributed by atoms with van der Waals surface area (Å²) in [5.74, 6) is -0.0152. The van der Waals surface area contributed by atoms with E-state index in [1.807, 2.05) is 38.4 Å². The molecule has 0 saturated carbocycles. The van der Waals surface area contributed by atoms with Gasteiger partial charge >= 0.3 is 5.97 Å². The van der Waals surface area contributed by atoms with Crippen LogP contribution in [0.2, 0.25) is 0 Å². The summed E-state index contributed by atoms with van der Waals surface area (Å²) in [6.45, 7) is 0.0766. The van der Waals surface area contributed by atoms with Gasteiger partial charge in [-0.15, -0.1) is 0 Å². The lowest BCUT2D eigenvalue weighted by Crippen LogP contribution is -3.06. The smallest absolute Gasteiger partial charge is 0.330 e. The van der Waals surface area contributed by atoms with Crippen LogP contribution in [0, 0.1) is 0 Å². The van der Waals surface area contributed by atoms with Crippen molar-refractivity contribution >= 4 is 46.3 Å². The summed E-state index contributed by atoms with van der Waals surface area (Å²) in [6, 6.07) is 7.32. The number of ether oxygens (including phenoxy) is 2. The first-order chi connectivity index (χ1) is 11.4. The number of nitrogens with zero attached hydrogens (tertiary/aromatic N) is 1. The molecule has 1 amide bonds.